The second-order valence-electron chi connectivity index (χ2n) is 2.62. The van der Waals surface area contributed by atoms with Crippen molar-refractivity contribution in [3.63, 3.8) is 0 Å². The molecule has 0 amide bonds. The molecule has 4 nitrogen and oxygen atoms in total. The highest BCUT2D eigenvalue weighted by Gasteiger charge is 2.26. The van der Waals surface area contributed by atoms with Crippen LogP contribution in [0.1, 0.15) is 6.42 Å². The number of thioether (sulfide) groups is 1. The van der Waals surface area contributed by atoms with Gasteiger partial charge in [-0.2, -0.15) is 18.2 Å². The maximum atomic E-state index is 11.8. The lowest BCUT2D eigenvalue weighted by Gasteiger charge is -2.04. The average molecular weight is 240 g/mol. The van der Waals surface area contributed by atoms with Crippen LogP contribution in [0, 0.1) is 0 Å². The van der Waals surface area contributed by atoms with Gasteiger partial charge in [-0.3, -0.25) is 4.79 Å². The van der Waals surface area contributed by atoms with Crippen LogP contribution in [0.15, 0.2) is 16.0 Å². The molecule has 0 aliphatic carbocycles. The molecule has 2 N–H and O–H groups in total. The molecule has 0 spiro atoms. The van der Waals surface area contributed by atoms with E-state index in [0.717, 1.165) is 17.8 Å². The average Bonchev–Trinajstić information content (AvgIpc) is 1.99. The smallest absolute Gasteiger partial charge is 0.389 e. The number of rotatable bonds is 3. The fraction of sp³-hybridized carbons (Fsp3) is 0.429. The van der Waals surface area contributed by atoms with Crippen LogP contribution in [0.2, 0.25) is 0 Å². The van der Waals surface area contributed by atoms with Gasteiger partial charge in [0.15, 0.2) is 5.16 Å². The SMILES string of the molecule is O=c1cc(O)nc(SCCC(F)(F)F)[nH]1. The van der Waals surface area contributed by atoms with E-state index in [-0.39, 0.29) is 10.9 Å². The van der Waals surface area contributed by atoms with Crippen molar-refractivity contribution in [2.45, 2.75) is 17.8 Å². The van der Waals surface area contributed by atoms with E-state index in [9.17, 15) is 18.0 Å². The van der Waals surface area contributed by atoms with Crippen molar-refractivity contribution < 1.29 is 18.3 Å². The van der Waals surface area contributed by atoms with Crippen LogP contribution in [0.4, 0.5) is 13.2 Å². The van der Waals surface area contributed by atoms with Crippen molar-refractivity contribution in [2.24, 2.45) is 0 Å². The molecule has 0 aliphatic rings. The number of H-pyrrole nitrogens is 1. The fourth-order valence-electron chi connectivity index (χ4n) is 0.755. The van der Waals surface area contributed by atoms with E-state index in [1.165, 1.54) is 0 Å². The van der Waals surface area contributed by atoms with Gasteiger partial charge >= 0.3 is 6.18 Å². The number of alkyl halides is 3. The lowest BCUT2D eigenvalue weighted by molar-refractivity contribution is -0.129. The molecule has 0 aromatic carbocycles. The molecule has 0 bridgehead atoms. The Hall–Kier alpha value is -1.18. The van der Waals surface area contributed by atoms with Gasteiger partial charge in [0.2, 0.25) is 5.88 Å². The highest BCUT2D eigenvalue weighted by Crippen LogP contribution is 2.24. The van der Waals surface area contributed by atoms with Crippen LogP contribution in [-0.4, -0.2) is 27.0 Å². The number of nitrogens with one attached hydrogen (secondary N) is 1. The number of hydrogen-bond acceptors (Lipinski definition) is 4. The van der Waals surface area contributed by atoms with E-state index in [0.29, 0.717) is 0 Å². The number of nitrogens with zero attached hydrogens (tertiary/aromatic N) is 1. The number of aromatic nitrogens is 2. The van der Waals surface area contributed by atoms with E-state index in [1.807, 2.05) is 0 Å². The summed E-state index contributed by atoms with van der Waals surface area (Å²) in [5, 5.41) is 8.86. The first-order valence-electron chi connectivity index (χ1n) is 3.87. The molecule has 0 unspecified atom stereocenters. The molecular formula is C7H7F3N2O2S. The normalized spacial score (nSPS) is 11.7. The van der Waals surface area contributed by atoms with Gasteiger partial charge in [-0.05, 0) is 0 Å². The van der Waals surface area contributed by atoms with Gasteiger partial charge in [0.25, 0.3) is 5.56 Å². The summed E-state index contributed by atoms with van der Waals surface area (Å²) in [4.78, 5) is 16.4. The van der Waals surface area contributed by atoms with Crippen molar-refractivity contribution in [1.29, 1.82) is 0 Å². The van der Waals surface area contributed by atoms with E-state index >= 15 is 0 Å². The highest BCUT2D eigenvalue weighted by atomic mass is 32.2. The van der Waals surface area contributed by atoms with Crippen molar-refractivity contribution in [2.75, 3.05) is 5.75 Å². The van der Waals surface area contributed by atoms with Crippen LogP contribution in [0.25, 0.3) is 0 Å². The second-order valence-corrected chi connectivity index (χ2v) is 3.71. The molecule has 0 saturated carbocycles. The predicted octanol–water partition coefficient (Wildman–Crippen LogP) is 1.52. The molecule has 1 heterocycles. The van der Waals surface area contributed by atoms with Crippen LogP contribution in [0.5, 0.6) is 5.88 Å². The van der Waals surface area contributed by atoms with Crippen molar-refractivity contribution in [3.8, 4) is 5.88 Å². The zero-order chi connectivity index (χ0) is 11.5. The topological polar surface area (TPSA) is 66.0 Å². The molecule has 0 radical (unpaired) electrons. The predicted molar refractivity (Wildman–Crippen MR) is 47.9 cm³/mol. The molecule has 0 fully saturated rings. The Morgan fingerprint density at radius 1 is 1.53 bits per heavy atom. The molecule has 1 aromatic heterocycles. The van der Waals surface area contributed by atoms with Crippen molar-refractivity contribution in [1.82, 2.24) is 9.97 Å². The summed E-state index contributed by atoms with van der Waals surface area (Å²) in [5.41, 5.74) is -0.600. The lowest BCUT2D eigenvalue weighted by Crippen LogP contribution is -2.10. The molecule has 0 saturated heterocycles. The fourth-order valence-corrected chi connectivity index (χ4v) is 1.61. The van der Waals surface area contributed by atoms with E-state index in [4.69, 9.17) is 5.11 Å². The molecule has 0 atom stereocenters. The third kappa shape index (κ3) is 4.73. The summed E-state index contributed by atoms with van der Waals surface area (Å²) in [5.74, 6) is -0.760. The molecule has 8 heteroatoms. The Morgan fingerprint density at radius 2 is 2.20 bits per heavy atom. The Balaban J connectivity index is 2.55. The molecular weight excluding hydrogens is 233 g/mol. The Bertz CT molecular complexity index is 391. The summed E-state index contributed by atoms with van der Waals surface area (Å²) >= 11 is 0.729. The lowest BCUT2D eigenvalue weighted by atomic mass is 10.5. The zero-order valence-electron chi connectivity index (χ0n) is 7.34. The third-order valence-electron chi connectivity index (χ3n) is 1.33. The first kappa shape index (κ1) is 11.9. The summed E-state index contributed by atoms with van der Waals surface area (Å²) < 4.78 is 35.3. The molecule has 84 valence electrons. The van der Waals surface area contributed by atoms with Gasteiger partial charge in [-0.15, -0.1) is 0 Å². The summed E-state index contributed by atoms with van der Waals surface area (Å²) in [6.07, 6.45) is -5.21. The number of aromatic hydroxyl groups is 1. The highest BCUT2D eigenvalue weighted by molar-refractivity contribution is 7.99. The minimum atomic E-state index is -4.23. The van der Waals surface area contributed by atoms with E-state index in [2.05, 4.69) is 9.97 Å². The van der Waals surface area contributed by atoms with E-state index < -0.39 is 24.0 Å². The Morgan fingerprint density at radius 3 is 2.73 bits per heavy atom. The summed E-state index contributed by atoms with van der Waals surface area (Å²) in [6, 6.07) is 0.841. The monoisotopic (exact) mass is 240 g/mol. The number of hydrogen-bond donors (Lipinski definition) is 2. The summed E-state index contributed by atoms with van der Waals surface area (Å²) in [6.45, 7) is 0. The van der Waals surface area contributed by atoms with Crippen molar-refractivity contribution in [3.05, 3.63) is 16.4 Å². The van der Waals surface area contributed by atoms with Gasteiger partial charge in [0.05, 0.1) is 12.5 Å². The zero-order valence-corrected chi connectivity index (χ0v) is 8.15. The molecule has 15 heavy (non-hydrogen) atoms. The molecule has 0 aliphatic heterocycles. The molecule has 1 aromatic rings. The molecule has 1 rings (SSSR count). The minimum Gasteiger partial charge on any atom is -0.493 e. The maximum Gasteiger partial charge on any atom is 0.389 e. The maximum absolute atomic E-state index is 11.8. The minimum absolute atomic E-state index is 0.0238. The van der Waals surface area contributed by atoms with Gasteiger partial charge in [-0.25, -0.2) is 0 Å². The third-order valence-corrected chi connectivity index (χ3v) is 2.21. The number of halogens is 3. The number of aromatic amines is 1. The van der Waals surface area contributed by atoms with Gasteiger partial charge < -0.3 is 10.1 Å². The van der Waals surface area contributed by atoms with Gasteiger partial charge in [0.1, 0.15) is 0 Å². The van der Waals surface area contributed by atoms with Gasteiger partial charge in [-0.1, -0.05) is 11.8 Å². The van der Waals surface area contributed by atoms with Crippen LogP contribution in [0.3, 0.4) is 0 Å². The van der Waals surface area contributed by atoms with Crippen LogP contribution in [-0.2, 0) is 0 Å². The largest absolute Gasteiger partial charge is 0.493 e. The first-order valence-corrected chi connectivity index (χ1v) is 4.85. The van der Waals surface area contributed by atoms with Crippen molar-refractivity contribution >= 4 is 11.8 Å². The second kappa shape index (κ2) is 4.56. The standard InChI is InChI=1S/C7H7F3N2O2S/c8-7(9,10)1-2-15-6-11-4(13)3-5(14)12-6/h3H,1-2H2,(H2,11,12,13,14). The Kier molecular flexibility index (Phi) is 3.61. The van der Waals surface area contributed by atoms with Gasteiger partial charge in [0, 0.05) is 5.75 Å². The first-order chi connectivity index (χ1) is 6.87. The summed E-state index contributed by atoms with van der Waals surface area (Å²) in [7, 11) is 0. The van der Waals surface area contributed by atoms with Crippen LogP contribution >= 0.6 is 11.8 Å². The Labute approximate surface area is 86.5 Å². The van der Waals surface area contributed by atoms with E-state index in [1.54, 1.807) is 0 Å². The quantitative estimate of drug-likeness (QED) is 0.621. The van der Waals surface area contributed by atoms with Crippen LogP contribution < -0.4 is 5.56 Å².